The molecule has 1 rings (SSSR count). The molecule has 104 valence electrons. The number of nitrogens with zero attached hydrogens (tertiary/aromatic N) is 2. The van der Waals surface area contributed by atoms with Crippen LogP contribution in [0.1, 0.15) is 20.8 Å². The summed E-state index contributed by atoms with van der Waals surface area (Å²) in [5, 5.41) is 11.4. The van der Waals surface area contributed by atoms with E-state index < -0.39 is 11.9 Å². The highest BCUT2D eigenvalue weighted by Gasteiger charge is 2.29. The molecule has 18 heavy (non-hydrogen) atoms. The number of hydrogen-bond donors (Lipinski definition) is 2. The van der Waals surface area contributed by atoms with Crippen LogP contribution in [0.5, 0.6) is 0 Å². The lowest BCUT2D eigenvalue weighted by Gasteiger charge is -2.42. The number of amides is 2. The van der Waals surface area contributed by atoms with Crippen molar-refractivity contribution in [2.24, 2.45) is 5.92 Å². The van der Waals surface area contributed by atoms with Gasteiger partial charge in [0.15, 0.2) is 0 Å². The molecule has 1 heterocycles. The maximum atomic E-state index is 11.9. The van der Waals surface area contributed by atoms with Crippen LogP contribution in [0.2, 0.25) is 0 Å². The summed E-state index contributed by atoms with van der Waals surface area (Å²) < 4.78 is 0. The van der Waals surface area contributed by atoms with Gasteiger partial charge >= 0.3 is 12.0 Å². The fourth-order valence-corrected chi connectivity index (χ4v) is 2.01. The van der Waals surface area contributed by atoms with Gasteiger partial charge in [-0.15, -0.1) is 0 Å². The Bertz CT molecular complexity index is 310. The van der Waals surface area contributed by atoms with Gasteiger partial charge < -0.3 is 15.3 Å². The van der Waals surface area contributed by atoms with Gasteiger partial charge in [0.2, 0.25) is 0 Å². The highest BCUT2D eigenvalue weighted by molar-refractivity contribution is 5.76. The molecule has 0 bridgehead atoms. The molecule has 6 nitrogen and oxygen atoms in total. The molecule has 1 fully saturated rings. The van der Waals surface area contributed by atoms with E-state index in [4.69, 9.17) is 5.11 Å². The van der Waals surface area contributed by atoms with E-state index in [1.54, 1.807) is 11.8 Å². The van der Waals surface area contributed by atoms with Gasteiger partial charge in [0.05, 0.1) is 5.92 Å². The van der Waals surface area contributed by atoms with Crippen molar-refractivity contribution in [3.63, 3.8) is 0 Å². The zero-order chi connectivity index (χ0) is 13.9. The Hall–Kier alpha value is -1.30. The molecule has 0 aromatic carbocycles. The van der Waals surface area contributed by atoms with E-state index in [0.29, 0.717) is 25.2 Å². The molecular formula is C12H23N3O3. The van der Waals surface area contributed by atoms with Crippen molar-refractivity contribution in [3.05, 3.63) is 0 Å². The van der Waals surface area contributed by atoms with Gasteiger partial charge in [0.25, 0.3) is 0 Å². The second kappa shape index (κ2) is 6.04. The molecule has 3 unspecified atom stereocenters. The molecular weight excluding hydrogens is 234 g/mol. The topological polar surface area (TPSA) is 72.9 Å². The van der Waals surface area contributed by atoms with Crippen molar-refractivity contribution in [3.8, 4) is 0 Å². The Kier molecular flexibility index (Phi) is 4.95. The van der Waals surface area contributed by atoms with Crippen molar-refractivity contribution in [1.29, 1.82) is 0 Å². The molecule has 1 saturated heterocycles. The molecule has 0 saturated carbocycles. The summed E-state index contributed by atoms with van der Waals surface area (Å²) in [6, 6.07) is 0.461. The first-order valence-electron chi connectivity index (χ1n) is 6.30. The number of carboxylic acids is 1. The zero-order valence-electron chi connectivity index (χ0n) is 11.5. The van der Waals surface area contributed by atoms with Crippen molar-refractivity contribution in [2.45, 2.75) is 32.9 Å². The van der Waals surface area contributed by atoms with E-state index in [9.17, 15) is 9.59 Å². The van der Waals surface area contributed by atoms with Gasteiger partial charge in [0, 0.05) is 31.7 Å². The Labute approximate surface area is 108 Å². The van der Waals surface area contributed by atoms with Crippen LogP contribution < -0.4 is 5.32 Å². The predicted octanol–water partition coefficient (Wildman–Crippen LogP) is 0.441. The third-order valence-electron chi connectivity index (χ3n) is 3.63. The van der Waals surface area contributed by atoms with Gasteiger partial charge in [-0.3, -0.25) is 9.69 Å². The molecule has 0 radical (unpaired) electrons. The summed E-state index contributed by atoms with van der Waals surface area (Å²) >= 11 is 0. The van der Waals surface area contributed by atoms with Crippen molar-refractivity contribution in [1.82, 2.24) is 15.1 Å². The average molecular weight is 257 g/mol. The highest BCUT2D eigenvalue weighted by atomic mass is 16.4. The van der Waals surface area contributed by atoms with Gasteiger partial charge in [-0.05, 0) is 20.9 Å². The number of carboxylic acid groups (broad SMARTS) is 1. The lowest BCUT2D eigenvalue weighted by Crippen LogP contribution is -2.58. The van der Waals surface area contributed by atoms with E-state index in [-0.39, 0.29) is 12.6 Å². The van der Waals surface area contributed by atoms with Crippen LogP contribution in [0.15, 0.2) is 0 Å². The molecule has 1 aliphatic rings. The van der Waals surface area contributed by atoms with Crippen LogP contribution in [0.25, 0.3) is 0 Å². The van der Waals surface area contributed by atoms with Crippen LogP contribution in [0.4, 0.5) is 4.79 Å². The van der Waals surface area contributed by atoms with E-state index in [0.717, 1.165) is 0 Å². The molecule has 2 amide bonds. The summed E-state index contributed by atoms with van der Waals surface area (Å²) in [7, 11) is 2.05. The predicted molar refractivity (Wildman–Crippen MR) is 68.5 cm³/mol. The van der Waals surface area contributed by atoms with Crippen molar-refractivity contribution >= 4 is 12.0 Å². The molecule has 3 atom stereocenters. The minimum absolute atomic E-state index is 0.170. The summed E-state index contributed by atoms with van der Waals surface area (Å²) in [5.41, 5.74) is 0. The first-order chi connectivity index (χ1) is 8.32. The van der Waals surface area contributed by atoms with Crippen LogP contribution in [0.3, 0.4) is 0 Å². The number of likely N-dealkylation sites (N-methyl/N-ethyl adjacent to an activating group) is 1. The second-order valence-electron chi connectivity index (χ2n) is 5.19. The lowest BCUT2D eigenvalue weighted by molar-refractivity contribution is -0.140. The first kappa shape index (κ1) is 14.8. The minimum Gasteiger partial charge on any atom is -0.481 e. The molecule has 0 aromatic heterocycles. The Morgan fingerprint density at radius 3 is 2.28 bits per heavy atom. The monoisotopic (exact) mass is 257 g/mol. The number of urea groups is 1. The van der Waals surface area contributed by atoms with Crippen LogP contribution >= 0.6 is 0 Å². The normalized spacial score (nSPS) is 26.8. The van der Waals surface area contributed by atoms with Gasteiger partial charge in [-0.1, -0.05) is 6.92 Å². The number of hydrogen-bond acceptors (Lipinski definition) is 3. The van der Waals surface area contributed by atoms with Gasteiger partial charge in [0.1, 0.15) is 0 Å². The standard InChI is InChI=1S/C12H23N3O3/c1-8(11(16)17)5-13-12(18)15-6-9(2)14(4)10(3)7-15/h8-10H,5-7H2,1-4H3,(H,13,18)(H,16,17). The fraction of sp³-hybridized carbons (Fsp3) is 0.833. The lowest BCUT2D eigenvalue weighted by atomic mass is 10.1. The van der Waals surface area contributed by atoms with E-state index >= 15 is 0 Å². The second-order valence-corrected chi connectivity index (χ2v) is 5.19. The summed E-state index contributed by atoms with van der Waals surface area (Å²) in [5.74, 6) is -1.45. The number of carbonyl (C=O) groups is 2. The third-order valence-corrected chi connectivity index (χ3v) is 3.63. The maximum Gasteiger partial charge on any atom is 0.317 e. The number of rotatable bonds is 3. The molecule has 6 heteroatoms. The molecule has 0 spiro atoms. The quantitative estimate of drug-likeness (QED) is 0.769. The number of piperazine rings is 1. The molecule has 0 aromatic rings. The minimum atomic E-state index is -0.893. The average Bonchev–Trinajstić information content (AvgIpc) is 2.31. The third kappa shape index (κ3) is 3.60. The summed E-state index contributed by atoms with van der Waals surface area (Å²) in [6.45, 7) is 7.26. The van der Waals surface area contributed by atoms with E-state index in [1.165, 1.54) is 0 Å². The van der Waals surface area contributed by atoms with E-state index in [2.05, 4.69) is 31.1 Å². The Balaban J connectivity index is 2.45. The number of carbonyl (C=O) groups excluding carboxylic acids is 1. The molecule has 0 aliphatic carbocycles. The smallest absolute Gasteiger partial charge is 0.317 e. The first-order valence-corrected chi connectivity index (χ1v) is 6.30. The summed E-state index contributed by atoms with van der Waals surface area (Å²) in [6.07, 6.45) is 0. The van der Waals surface area contributed by atoms with Crippen molar-refractivity contribution < 1.29 is 14.7 Å². The van der Waals surface area contributed by atoms with E-state index in [1.807, 2.05) is 0 Å². The highest BCUT2D eigenvalue weighted by Crippen LogP contribution is 2.13. The van der Waals surface area contributed by atoms with Crippen LogP contribution in [-0.2, 0) is 4.79 Å². The maximum absolute atomic E-state index is 11.9. The number of nitrogens with one attached hydrogen (secondary N) is 1. The van der Waals surface area contributed by atoms with Crippen LogP contribution in [0, 0.1) is 5.92 Å². The SMILES string of the molecule is CC(CNC(=O)N1CC(C)N(C)C(C)C1)C(=O)O. The van der Waals surface area contributed by atoms with Gasteiger partial charge in [-0.25, -0.2) is 4.79 Å². The Morgan fingerprint density at radius 1 is 1.33 bits per heavy atom. The summed E-state index contributed by atoms with van der Waals surface area (Å²) in [4.78, 5) is 26.6. The zero-order valence-corrected chi connectivity index (χ0v) is 11.5. The van der Waals surface area contributed by atoms with Crippen molar-refractivity contribution in [2.75, 3.05) is 26.7 Å². The van der Waals surface area contributed by atoms with Crippen LogP contribution in [-0.4, -0.2) is 65.7 Å². The number of aliphatic carboxylic acids is 1. The largest absolute Gasteiger partial charge is 0.481 e. The Morgan fingerprint density at radius 2 is 1.83 bits per heavy atom. The molecule has 1 aliphatic heterocycles. The van der Waals surface area contributed by atoms with Gasteiger partial charge in [-0.2, -0.15) is 0 Å². The molecule has 2 N–H and O–H groups in total. The fourth-order valence-electron chi connectivity index (χ4n) is 2.01.